The van der Waals surface area contributed by atoms with E-state index in [-0.39, 0.29) is 48.1 Å². The molecule has 0 bridgehead atoms. The van der Waals surface area contributed by atoms with E-state index in [1.165, 1.54) is 7.11 Å². The van der Waals surface area contributed by atoms with Crippen LogP contribution in [-0.2, 0) is 29.3 Å². The molecule has 1 N–H and O–H groups in total. The Morgan fingerprint density at radius 2 is 1.65 bits per heavy atom. The molecule has 1 heterocycles. The number of rotatable bonds is 13. The fourth-order valence-corrected chi connectivity index (χ4v) is 6.28. The van der Waals surface area contributed by atoms with Gasteiger partial charge in [-0.15, -0.1) is 0 Å². The zero-order valence-electron chi connectivity index (χ0n) is 28.4. The Kier molecular flexibility index (Phi) is 12.8. The molecule has 1 aromatic rings. The SMILES string of the molecule is CC[C@H](C(=O)N[C@H](C(=O)N(C)[C@H](CN(C)CC(=O)N1CCC[C@@H]1C(=O)OC)C(C)C)C(C)(C)C)C(C)(C)c1ccccc1. The lowest BCUT2D eigenvalue weighted by molar-refractivity contribution is -0.151. The molecule has 9 heteroatoms. The molecule has 1 aliphatic heterocycles. The van der Waals surface area contributed by atoms with Crippen molar-refractivity contribution >= 4 is 23.7 Å². The zero-order chi connectivity index (χ0) is 32.7. The van der Waals surface area contributed by atoms with Crippen molar-refractivity contribution in [2.45, 2.75) is 98.2 Å². The third-order valence-electron chi connectivity index (χ3n) is 9.08. The standard InChI is InChI=1S/C34H56N4O5/c1-12-25(34(7,8)24-17-14-13-15-18-24)30(40)35-29(33(4,5)6)31(41)37(10)27(23(2)3)21-36(9)22-28(39)38-20-16-19-26(38)32(42)43-11/h13-15,17-18,23,25-27,29H,12,16,19-22H2,1-11H3,(H,35,40)/t25-,26-,27-,29-/m1/s1. The summed E-state index contributed by atoms with van der Waals surface area (Å²) >= 11 is 0. The van der Waals surface area contributed by atoms with Crippen LogP contribution < -0.4 is 5.32 Å². The highest BCUT2D eigenvalue weighted by atomic mass is 16.5. The Bertz CT molecular complexity index is 1100. The molecule has 0 unspecified atom stereocenters. The van der Waals surface area contributed by atoms with E-state index in [1.54, 1.807) is 16.8 Å². The molecule has 1 saturated heterocycles. The minimum Gasteiger partial charge on any atom is -0.467 e. The average Bonchev–Trinajstić information content (AvgIpc) is 3.44. The number of benzene rings is 1. The predicted octanol–water partition coefficient (Wildman–Crippen LogP) is 4.10. The number of nitrogens with one attached hydrogen (secondary N) is 1. The van der Waals surface area contributed by atoms with Crippen molar-refractivity contribution in [2.75, 3.05) is 40.8 Å². The minimum absolute atomic E-state index is 0.0952. The van der Waals surface area contributed by atoms with E-state index in [2.05, 4.69) is 33.0 Å². The van der Waals surface area contributed by atoms with E-state index in [1.807, 2.05) is 70.0 Å². The molecule has 3 amide bonds. The average molecular weight is 601 g/mol. The van der Waals surface area contributed by atoms with Crippen LogP contribution in [0.5, 0.6) is 0 Å². The number of hydrogen-bond donors (Lipinski definition) is 1. The molecule has 1 fully saturated rings. The molecular formula is C34H56N4O5. The third-order valence-corrected chi connectivity index (χ3v) is 9.08. The smallest absolute Gasteiger partial charge is 0.328 e. The summed E-state index contributed by atoms with van der Waals surface area (Å²) in [5, 5.41) is 3.15. The van der Waals surface area contributed by atoms with Crippen LogP contribution in [0.4, 0.5) is 0 Å². The van der Waals surface area contributed by atoms with Gasteiger partial charge in [0.25, 0.3) is 0 Å². The summed E-state index contributed by atoms with van der Waals surface area (Å²) in [4.78, 5) is 58.5. The van der Waals surface area contributed by atoms with Crippen molar-refractivity contribution in [1.82, 2.24) is 20.0 Å². The Balaban J connectivity index is 2.20. The lowest BCUT2D eigenvalue weighted by Crippen LogP contribution is -2.59. The van der Waals surface area contributed by atoms with Gasteiger partial charge in [0, 0.05) is 37.5 Å². The van der Waals surface area contributed by atoms with Gasteiger partial charge in [-0.2, -0.15) is 0 Å². The van der Waals surface area contributed by atoms with E-state index >= 15 is 0 Å². The molecular weight excluding hydrogens is 544 g/mol. The second kappa shape index (κ2) is 15.2. The van der Waals surface area contributed by atoms with Gasteiger partial charge in [0.1, 0.15) is 12.1 Å². The van der Waals surface area contributed by atoms with Crippen LogP contribution in [0, 0.1) is 17.3 Å². The van der Waals surface area contributed by atoms with Crippen LogP contribution in [0.1, 0.15) is 80.2 Å². The first-order valence-corrected chi connectivity index (χ1v) is 15.7. The Morgan fingerprint density at radius 3 is 2.16 bits per heavy atom. The third kappa shape index (κ3) is 9.03. The minimum atomic E-state index is -0.732. The predicted molar refractivity (Wildman–Crippen MR) is 170 cm³/mol. The number of hydrogen-bond acceptors (Lipinski definition) is 6. The first kappa shape index (κ1) is 36.3. The van der Waals surface area contributed by atoms with Crippen LogP contribution in [0.2, 0.25) is 0 Å². The summed E-state index contributed by atoms with van der Waals surface area (Å²) in [7, 11) is 4.98. The van der Waals surface area contributed by atoms with Crippen molar-refractivity contribution in [3.05, 3.63) is 35.9 Å². The van der Waals surface area contributed by atoms with Gasteiger partial charge in [0.2, 0.25) is 17.7 Å². The van der Waals surface area contributed by atoms with Gasteiger partial charge in [-0.25, -0.2) is 4.79 Å². The number of likely N-dealkylation sites (tertiary alicyclic amines) is 1. The first-order valence-electron chi connectivity index (χ1n) is 15.7. The normalized spacial score (nSPS) is 17.9. The first-order chi connectivity index (χ1) is 20.0. The zero-order valence-corrected chi connectivity index (χ0v) is 28.4. The number of esters is 1. The van der Waals surface area contributed by atoms with Gasteiger partial charge in [-0.05, 0) is 43.2 Å². The largest absolute Gasteiger partial charge is 0.467 e. The van der Waals surface area contributed by atoms with Gasteiger partial charge in [0.05, 0.1) is 13.7 Å². The second-order valence-corrected chi connectivity index (χ2v) is 14.1. The van der Waals surface area contributed by atoms with E-state index in [4.69, 9.17) is 4.74 Å². The highest BCUT2D eigenvalue weighted by Gasteiger charge is 2.42. The Morgan fingerprint density at radius 1 is 1.05 bits per heavy atom. The highest BCUT2D eigenvalue weighted by Crippen LogP contribution is 2.35. The number of carbonyl (C=O) groups excluding carboxylic acids is 4. The lowest BCUT2D eigenvalue weighted by Gasteiger charge is -2.41. The van der Waals surface area contributed by atoms with Crippen LogP contribution in [-0.4, -0.2) is 97.4 Å². The topological polar surface area (TPSA) is 99.3 Å². The molecule has 2 rings (SSSR count). The molecule has 0 radical (unpaired) electrons. The summed E-state index contributed by atoms with van der Waals surface area (Å²) in [5.74, 6) is -1.03. The molecule has 242 valence electrons. The fraction of sp³-hybridized carbons (Fsp3) is 0.706. The van der Waals surface area contributed by atoms with E-state index in [0.29, 0.717) is 25.9 Å². The van der Waals surface area contributed by atoms with Crippen LogP contribution in [0.3, 0.4) is 0 Å². The molecule has 1 aliphatic rings. The van der Waals surface area contributed by atoms with Crippen molar-refractivity contribution in [2.24, 2.45) is 17.3 Å². The van der Waals surface area contributed by atoms with Crippen LogP contribution in [0.25, 0.3) is 0 Å². The number of carbonyl (C=O) groups is 4. The monoisotopic (exact) mass is 600 g/mol. The molecule has 1 aromatic carbocycles. The summed E-state index contributed by atoms with van der Waals surface area (Å²) in [6.07, 6.45) is 2.01. The maximum absolute atomic E-state index is 14.1. The second-order valence-electron chi connectivity index (χ2n) is 14.1. The van der Waals surface area contributed by atoms with Gasteiger partial charge >= 0.3 is 5.97 Å². The molecule has 4 atom stereocenters. The van der Waals surface area contributed by atoms with Gasteiger partial charge in [0.15, 0.2) is 0 Å². The van der Waals surface area contributed by atoms with Crippen molar-refractivity contribution in [3.8, 4) is 0 Å². The summed E-state index contributed by atoms with van der Waals surface area (Å²) in [5.41, 5.74) is 0.130. The van der Waals surface area contributed by atoms with Crippen LogP contribution >= 0.6 is 0 Å². The number of amides is 3. The summed E-state index contributed by atoms with van der Waals surface area (Å²) in [6.45, 7) is 17.3. The van der Waals surface area contributed by atoms with Crippen molar-refractivity contribution < 1.29 is 23.9 Å². The van der Waals surface area contributed by atoms with Crippen molar-refractivity contribution in [1.29, 1.82) is 0 Å². The maximum Gasteiger partial charge on any atom is 0.328 e. The molecule has 0 aromatic heterocycles. The summed E-state index contributed by atoms with van der Waals surface area (Å²) < 4.78 is 4.89. The van der Waals surface area contributed by atoms with E-state index in [0.717, 1.165) is 12.0 Å². The quantitative estimate of drug-likeness (QED) is 0.343. The summed E-state index contributed by atoms with van der Waals surface area (Å²) in [6, 6.07) is 8.55. The lowest BCUT2D eigenvalue weighted by atomic mass is 9.71. The maximum atomic E-state index is 14.1. The van der Waals surface area contributed by atoms with Gasteiger partial charge in [-0.1, -0.05) is 85.7 Å². The Hall–Kier alpha value is -2.94. The molecule has 0 aliphatic carbocycles. The number of nitrogens with zero attached hydrogens (tertiary/aromatic N) is 3. The Labute approximate surface area is 259 Å². The molecule has 9 nitrogen and oxygen atoms in total. The molecule has 0 saturated carbocycles. The van der Waals surface area contributed by atoms with Crippen molar-refractivity contribution in [3.63, 3.8) is 0 Å². The highest BCUT2D eigenvalue weighted by molar-refractivity contribution is 5.90. The van der Waals surface area contributed by atoms with Gasteiger partial charge in [-0.3, -0.25) is 19.3 Å². The fourth-order valence-electron chi connectivity index (χ4n) is 6.28. The van der Waals surface area contributed by atoms with Gasteiger partial charge < -0.3 is 19.9 Å². The number of likely N-dealkylation sites (N-methyl/N-ethyl adjacent to an activating group) is 2. The van der Waals surface area contributed by atoms with Crippen LogP contribution in [0.15, 0.2) is 30.3 Å². The number of ether oxygens (including phenoxy) is 1. The van der Waals surface area contributed by atoms with E-state index < -0.39 is 22.9 Å². The molecule has 43 heavy (non-hydrogen) atoms. The number of methoxy groups -OCH3 is 1. The molecule has 0 spiro atoms. The van der Waals surface area contributed by atoms with E-state index in [9.17, 15) is 19.2 Å².